The predicted molar refractivity (Wildman–Crippen MR) is 71.7 cm³/mol. The van der Waals surface area contributed by atoms with Gasteiger partial charge in [-0.05, 0) is 6.92 Å². The molecule has 7 nitrogen and oxygen atoms in total. The number of ether oxygens (including phenoxy) is 2. The minimum Gasteiger partial charge on any atom is -0.376 e. The van der Waals surface area contributed by atoms with Crippen LogP contribution in [-0.2, 0) is 16.5 Å². The molecular formula is C13H18N4O3. The number of aryl methyl sites for hydroxylation is 1. The molecule has 1 amide bonds. The van der Waals surface area contributed by atoms with Gasteiger partial charge in [-0.3, -0.25) is 4.79 Å². The molecule has 2 aromatic heterocycles. The Balaban J connectivity index is 1.77. The van der Waals surface area contributed by atoms with E-state index in [1.165, 1.54) is 0 Å². The van der Waals surface area contributed by atoms with Gasteiger partial charge in [0.1, 0.15) is 17.3 Å². The molecule has 1 aliphatic rings. The highest BCUT2D eigenvalue weighted by molar-refractivity contribution is 6.00. The van der Waals surface area contributed by atoms with Gasteiger partial charge >= 0.3 is 0 Å². The second kappa shape index (κ2) is 5.26. The zero-order valence-corrected chi connectivity index (χ0v) is 11.6. The zero-order valence-electron chi connectivity index (χ0n) is 11.6. The van der Waals surface area contributed by atoms with E-state index >= 15 is 0 Å². The Bertz CT molecular complexity index is 618. The lowest BCUT2D eigenvalue weighted by Crippen LogP contribution is -2.43. The van der Waals surface area contributed by atoms with Crippen molar-refractivity contribution < 1.29 is 14.3 Å². The van der Waals surface area contributed by atoms with E-state index in [2.05, 4.69) is 10.4 Å². The van der Waals surface area contributed by atoms with Crippen LogP contribution in [0.25, 0.3) is 5.65 Å². The first-order chi connectivity index (χ1) is 9.70. The van der Waals surface area contributed by atoms with Gasteiger partial charge in [0.15, 0.2) is 0 Å². The summed E-state index contributed by atoms with van der Waals surface area (Å²) in [7, 11) is 1.88. The van der Waals surface area contributed by atoms with Crippen LogP contribution in [-0.4, -0.2) is 52.1 Å². The average molecular weight is 278 g/mol. The number of fused-ring (bicyclic) bond motifs is 1. The van der Waals surface area contributed by atoms with Crippen molar-refractivity contribution in [1.82, 2.24) is 19.5 Å². The fourth-order valence-electron chi connectivity index (χ4n) is 2.50. The lowest BCUT2D eigenvalue weighted by Gasteiger charge is -2.18. The molecule has 2 atom stereocenters. The van der Waals surface area contributed by atoms with Crippen molar-refractivity contribution in [3.8, 4) is 0 Å². The molecule has 2 aromatic rings. The van der Waals surface area contributed by atoms with Crippen LogP contribution in [0.3, 0.4) is 0 Å². The van der Waals surface area contributed by atoms with Crippen LogP contribution in [0.2, 0.25) is 0 Å². The number of imidazole rings is 1. The van der Waals surface area contributed by atoms with Gasteiger partial charge in [-0.25, -0.2) is 4.52 Å². The lowest BCUT2D eigenvalue weighted by molar-refractivity contribution is 0.0402. The van der Waals surface area contributed by atoms with Gasteiger partial charge in [-0.15, -0.1) is 0 Å². The van der Waals surface area contributed by atoms with Crippen LogP contribution in [0.4, 0.5) is 0 Å². The summed E-state index contributed by atoms with van der Waals surface area (Å²) in [6.07, 6.45) is 5.17. The normalized spacial score (nSPS) is 22.5. The molecule has 20 heavy (non-hydrogen) atoms. The molecule has 0 aromatic carbocycles. The van der Waals surface area contributed by atoms with Gasteiger partial charge < -0.3 is 19.4 Å². The molecule has 1 N–H and O–H groups in total. The van der Waals surface area contributed by atoms with Gasteiger partial charge in [0.2, 0.25) is 0 Å². The van der Waals surface area contributed by atoms with Crippen LogP contribution in [0.15, 0.2) is 18.6 Å². The monoisotopic (exact) mass is 278 g/mol. The largest absolute Gasteiger partial charge is 0.376 e. The van der Waals surface area contributed by atoms with Crippen molar-refractivity contribution in [2.24, 2.45) is 7.05 Å². The minimum absolute atomic E-state index is 0.0802. The summed E-state index contributed by atoms with van der Waals surface area (Å²) >= 11 is 0. The van der Waals surface area contributed by atoms with E-state index in [-0.39, 0.29) is 18.1 Å². The summed E-state index contributed by atoms with van der Waals surface area (Å²) in [6, 6.07) is -0.113. The molecule has 3 rings (SSSR count). The number of amides is 1. The van der Waals surface area contributed by atoms with E-state index in [0.29, 0.717) is 25.4 Å². The average Bonchev–Trinajstić information content (AvgIpc) is 3.10. The summed E-state index contributed by atoms with van der Waals surface area (Å²) in [4.78, 5) is 12.4. The lowest BCUT2D eigenvalue weighted by atomic mass is 10.2. The maximum Gasteiger partial charge on any atom is 0.257 e. The van der Waals surface area contributed by atoms with Crippen molar-refractivity contribution in [2.45, 2.75) is 19.1 Å². The summed E-state index contributed by atoms with van der Waals surface area (Å²) < 4.78 is 14.5. The fraction of sp³-hybridized carbons (Fsp3) is 0.538. The molecule has 0 aliphatic carbocycles. The number of rotatable bonds is 4. The summed E-state index contributed by atoms with van der Waals surface area (Å²) in [5.74, 6) is -0.151. The van der Waals surface area contributed by atoms with Crippen LogP contribution in [0, 0.1) is 0 Å². The highest BCUT2D eigenvalue weighted by Crippen LogP contribution is 2.14. The van der Waals surface area contributed by atoms with Crippen molar-refractivity contribution in [1.29, 1.82) is 0 Å². The molecule has 0 bridgehead atoms. The molecule has 0 spiro atoms. The fourth-order valence-corrected chi connectivity index (χ4v) is 2.50. The Hall–Kier alpha value is -1.86. The number of nitrogens with zero attached hydrogens (tertiary/aromatic N) is 3. The molecule has 0 saturated carbocycles. The van der Waals surface area contributed by atoms with Crippen LogP contribution in [0.5, 0.6) is 0 Å². The Morgan fingerprint density at radius 2 is 2.40 bits per heavy atom. The molecule has 108 valence electrons. The quantitative estimate of drug-likeness (QED) is 0.868. The predicted octanol–water partition coefficient (Wildman–Crippen LogP) is 0.206. The maximum atomic E-state index is 12.4. The SMILES string of the molecule is CCO[C@H]1COC[C@@H]1NC(=O)c1cnn2ccn(C)c12. The van der Waals surface area contributed by atoms with Gasteiger partial charge in [0.05, 0.1) is 25.5 Å². The van der Waals surface area contributed by atoms with E-state index in [1.54, 1.807) is 10.7 Å². The summed E-state index contributed by atoms with van der Waals surface area (Å²) in [6.45, 7) is 3.54. The van der Waals surface area contributed by atoms with Crippen molar-refractivity contribution >= 4 is 11.6 Å². The van der Waals surface area contributed by atoms with E-state index in [9.17, 15) is 4.79 Å². The number of carbonyl (C=O) groups excluding carboxylic acids is 1. The Labute approximate surface area is 116 Å². The second-order valence-corrected chi connectivity index (χ2v) is 4.85. The molecular weight excluding hydrogens is 260 g/mol. The first-order valence-electron chi connectivity index (χ1n) is 6.69. The number of aromatic nitrogens is 3. The molecule has 0 radical (unpaired) electrons. The van der Waals surface area contributed by atoms with Gasteiger partial charge in [-0.2, -0.15) is 5.10 Å². The van der Waals surface area contributed by atoms with E-state index in [1.807, 2.05) is 30.9 Å². The van der Waals surface area contributed by atoms with Crippen LogP contribution in [0.1, 0.15) is 17.3 Å². The van der Waals surface area contributed by atoms with Crippen molar-refractivity contribution in [3.63, 3.8) is 0 Å². The molecule has 7 heteroatoms. The molecule has 1 saturated heterocycles. The number of hydrogen-bond donors (Lipinski definition) is 1. The highest BCUT2D eigenvalue weighted by atomic mass is 16.5. The minimum atomic E-state index is -0.151. The Kier molecular flexibility index (Phi) is 3.45. The second-order valence-electron chi connectivity index (χ2n) is 4.85. The highest BCUT2D eigenvalue weighted by Gasteiger charge is 2.31. The molecule has 3 heterocycles. The van der Waals surface area contributed by atoms with Crippen LogP contribution >= 0.6 is 0 Å². The smallest absolute Gasteiger partial charge is 0.257 e. The molecule has 0 unspecified atom stereocenters. The van der Waals surface area contributed by atoms with Crippen molar-refractivity contribution in [2.75, 3.05) is 19.8 Å². The maximum absolute atomic E-state index is 12.4. The van der Waals surface area contributed by atoms with Gasteiger partial charge in [0.25, 0.3) is 5.91 Å². The first kappa shape index (κ1) is 13.1. The van der Waals surface area contributed by atoms with Crippen molar-refractivity contribution in [3.05, 3.63) is 24.2 Å². The molecule has 1 aliphatic heterocycles. The number of carbonyl (C=O) groups is 1. The summed E-state index contributed by atoms with van der Waals surface area (Å²) in [5, 5.41) is 7.13. The third-order valence-electron chi connectivity index (χ3n) is 3.50. The third kappa shape index (κ3) is 2.19. The standard InChI is InChI=1S/C13H18N4O3/c1-3-20-11-8-19-7-10(11)15-12(18)9-6-14-17-5-4-16(2)13(9)17/h4-6,10-11H,3,7-8H2,1-2H3,(H,15,18)/t10-,11-/m0/s1. The van der Waals surface area contributed by atoms with E-state index < -0.39 is 0 Å². The Morgan fingerprint density at radius 3 is 3.20 bits per heavy atom. The van der Waals surface area contributed by atoms with Gasteiger partial charge in [0, 0.05) is 26.0 Å². The van der Waals surface area contributed by atoms with E-state index in [0.717, 1.165) is 5.65 Å². The number of hydrogen-bond acceptors (Lipinski definition) is 4. The van der Waals surface area contributed by atoms with E-state index in [4.69, 9.17) is 9.47 Å². The molecule has 1 fully saturated rings. The topological polar surface area (TPSA) is 69.8 Å². The van der Waals surface area contributed by atoms with Gasteiger partial charge in [-0.1, -0.05) is 0 Å². The third-order valence-corrected chi connectivity index (χ3v) is 3.50. The van der Waals surface area contributed by atoms with Crippen LogP contribution < -0.4 is 5.32 Å². The summed E-state index contributed by atoms with van der Waals surface area (Å²) in [5.41, 5.74) is 1.33. The Morgan fingerprint density at radius 1 is 1.55 bits per heavy atom. The first-order valence-corrected chi connectivity index (χ1v) is 6.69. The zero-order chi connectivity index (χ0) is 14.1. The number of nitrogens with one attached hydrogen (secondary N) is 1.